The van der Waals surface area contributed by atoms with Crippen LogP contribution in [0.2, 0.25) is 0 Å². The highest BCUT2D eigenvalue weighted by molar-refractivity contribution is 5.96. The van der Waals surface area contributed by atoms with E-state index < -0.39 is 11.8 Å². The number of nitroso groups, excluding NO2 is 1. The van der Waals surface area contributed by atoms with Crippen molar-refractivity contribution < 1.29 is 9.59 Å². The van der Waals surface area contributed by atoms with Gasteiger partial charge in [-0.1, -0.05) is 84.4 Å². The summed E-state index contributed by atoms with van der Waals surface area (Å²) >= 11 is 0. The molecule has 0 saturated carbocycles. The molecule has 1 atom stereocenters. The molecule has 31 heavy (non-hydrogen) atoms. The summed E-state index contributed by atoms with van der Waals surface area (Å²) in [5.41, 5.74) is 5.16. The van der Waals surface area contributed by atoms with Crippen molar-refractivity contribution in [1.82, 2.24) is 0 Å². The first-order chi connectivity index (χ1) is 15.1. The summed E-state index contributed by atoms with van der Waals surface area (Å²) in [5, 5.41) is 2.62. The number of aryl methyl sites for hydroxylation is 2. The van der Waals surface area contributed by atoms with Crippen molar-refractivity contribution in [2.24, 2.45) is 11.1 Å². The Morgan fingerprint density at radius 1 is 0.806 bits per heavy atom. The summed E-state index contributed by atoms with van der Waals surface area (Å²) in [5.74, 6) is -1.19. The lowest BCUT2D eigenvalue weighted by Gasteiger charge is -2.12. The van der Waals surface area contributed by atoms with Crippen molar-refractivity contribution in [1.29, 1.82) is 0 Å². The lowest BCUT2D eigenvalue weighted by atomic mass is 9.92. The standard InChI is InChI=1S/C27H27NO3/c1-20-10-12-22(13-11-20)23-14-16-24(17-15-23)26(29)19-18-25(27(30)28-31)9-5-8-21-6-3-2-4-7-21/h2-4,6-7,10-17,25H,5,8-9,18-19H2,1H3. The molecule has 3 aromatic carbocycles. The van der Waals surface area contributed by atoms with Crippen LogP contribution in [0.25, 0.3) is 11.1 Å². The average molecular weight is 414 g/mol. The highest BCUT2D eigenvalue weighted by Gasteiger charge is 2.20. The predicted molar refractivity (Wildman–Crippen MR) is 124 cm³/mol. The summed E-state index contributed by atoms with van der Waals surface area (Å²) in [7, 11) is 0. The van der Waals surface area contributed by atoms with Gasteiger partial charge in [0.15, 0.2) is 5.78 Å². The molecule has 0 radical (unpaired) electrons. The van der Waals surface area contributed by atoms with Crippen LogP contribution in [0, 0.1) is 17.7 Å². The van der Waals surface area contributed by atoms with E-state index in [-0.39, 0.29) is 12.2 Å². The molecule has 4 heteroatoms. The van der Waals surface area contributed by atoms with Gasteiger partial charge >= 0.3 is 0 Å². The maximum Gasteiger partial charge on any atom is 0.289 e. The van der Waals surface area contributed by atoms with Crippen LogP contribution in [-0.4, -0.2) is 11.7 Å². The van der Waals surface area contributed by atoms with Gasteiger partial charge in [0.25, 0.3) is 5.91 Å². The normalized spacial score (nSPS) is 11.6. The van der Waals surface area contributed by atoms with Gasteiger partial charge in [0.05, 0.1) is 0 Å². The number of carbonyl (C=O) groups is 2. The third-order valence-electron chi connectivity index (χ3n) is 5.61. The highest BCUT2D eigenvalue weighted by Crippen LogP contribution is 2.23. The van der Waals surface area contributed by atoms with Gasteiger partial charge in [0, 0.05) is 23.1 Å². The summed E-state index contributed by atoms with van der Waals surface area (Å²) < 4.78 is 0. The zero-order valence-corrected chi connectivity index (χ0v) is 17.8. The molecule has 4 nitrogen and oxygen atoms in total. The maximum absolute atomic E-state index is 12.6. The number of hydrogen-bond acceptors (Lipinski definition) is 3. The largest absolute Gasteiger partial charge is 0.294 e. The maximum atomic E-state index is 12.6. The van der Waals surface area contributed by atoms with Crippen LogP contribution in [0.3, 0.4) is 0 Å². The number of amides is 1. The Labute approximate surface area is 183 Å². The molecule has 0 fully saturated rings. The van der Waals surface area contributed by atoms with Crippen LogP contribution >= 0.6 is 0 Å². The van der Waals surface area contributed by atoms with E-state index in [1.165, 1.54) is 11.1 Å². The zero-order chi connectivity index (χ0) is 22.1. The molecule has 158 valence electrons. The van der Waals surface area contributed by atoms with Crippen molar-refractivity contribution in [2.75, 3.05) is 0 Å². The van der Waals surface area contributed by atoms with E-state index >= 15 is 0 Å². The SMILES string of the molecule is Cc1ccc(-c2ccc(C(=O)CCC(CCCc3ccccc3)C(=O)N=O)cc2)cc1. The minimum atomic E-state index is -0.657. The second kappa shape index (κ2) is 11.1. The Morgan fingerprint density at radius 2 is 1.42 bits per heavy atom. The van der Waals surface area contributed by atoms with Crippen molar-refractivity contribution >= 4 is 11.7 Å². The topological polar surface area (TPSA) is 63.6 Å². The van der Waals surface area contributed by atoms with Crippen molar-refractivity contribution in [2.45, 2.75) is 39.0 Å². The van der Waals surface area contributed by atoms with E-state index in [1.807, 2.05) is 61.5 Å². The minimum absolute atomic E-state index is 0.0257. The number of hydrogen-bond donors (Lipinski definition) is 0. The van der Waals surface area contributed by atoms with E-state index in [4.69, 9.17) is 0 Å². The summed E-state index contributed by atoms with van der Waals surface area (Å²) in [6.45, 7) is 2.05. The molecule has 0 aliphatic heterocycles. The molecule has 0 saturated heterocycles. The smallest absolute Gasteiger partial charge is 0.289 e. The number of carbonyl (C=O) groups excluding carboxylic acids is 2. The number of ketones is 1. The monoisotopic (exact) mass is 413 g/mol. The molecular formula is C27H27NO3. The molecule has 0 bridgehead atoms. The van der Waals surface area contributed by atoms with Gasteiger partial charge in [-0.2, -0.15) is 0 Å². The van der Waals surface area contributed by atoms with Crippen LogP contribution in [-0.2, 0) is 11.2 Å². The molecule has 0 spiro atoms. The molecule has 0 heterocycles. The van der Waals surface area contributed by atoms with Crippen LogP contribution < -0.4 is 0 Å². The van der Waals surface area contributed by atoms with Gasteiger partial charge < -0.3 is 0 Å². The van der Waals surface area contributed by atoms with Gasteiger partial charge in [0.1, 0.15) is 0 Å². The van der Waals surface area contributed by atoms with E-state index in [2.05, 4.69) is 29.4 Å². The van der Waals surface area contributed by atoms with Gasteiger partial charge in [-0.15, -0.1) is 4.91 Å². The number of Topliss-reactive ketones (excluding diaryl/α,β-unsaturated/α-hetero) is 1. The quantitative estimate of drug-likeness (QED) is 0.279. The molecule has 0 aromatic heterocycles. The highest BCUT2D eigenvalue weighted by atomic mass is 16.3. The van der Waals surface area contributed by atoms with Gasteiger partial charge in [0.2, 0.25) is 0 Å². The first-order valence-electron chi connectivity index (χ1n) is 10.7. The second-order valence-electron chi connectivity index (χ2n) is 7.91. The van der Waals surface area contributed by atoms with Crippen LogP contribution in [0.5, 0.6) is 0 Å². The Morgan fingerprint density at radius 3 is 2.03 bits per heavy atom. The fraction of sp³-hybridized carbons (Fsp3) is 0.259. The molecule has 3 rings (SSSR count). The molecule has 0 N–H and O–H groups in total. The fourth-order valence-electron chi connectivity index (χ4n) is 3.71. The third-order valence-corrected chi connectivity index (χ3v) is 5.61. The molecule has 1 amide bonds. The van der Waals surface area contributed by atoms with Gasteiger partial charge in [-0.05, 0) is 49.3 Å². The minimum Gasteiger partial charge on any atom is -0.294 e. The number of nitrogens with zero attached hydrogens (tertiary/aromatic N) is 1. The molecule has 1 unspecified atom stereocenters. The summed E-state index contributed by atoms with van der Waals surface area (Å²) in [6.07, 6.45) is 2.73. The van der Waals surface area contributed by atoms with Crippen molar-refractivity contribution in [3.05, 3.63) is 100 Å². The first-order valence-corrected chi connectivity index (χ1v) is 10.7. The number of rotatable bonds is 10. The zero-order valence-electron chi connectivity index (χ0n) is 17.8. The lowest BCUT2D eigenvalue weighted by Crippen LogP contribution is -2.14. The fourth-order valence-corrected chi connectivity index (χ4v) is 3.71. The van der Waals surface area contributed by atoms with E-state index in [9.17, 15) is 14.5 Å². The Hall–Kier alpha value is -3.40. The molecule has 0 aliphatic carbocycles. The third kappa shape index (κ3) is 6.54. The van der Waals surface area contributed by atoms with Crippen LogP contribution in [0.15, 0.2) is 84.0 Å². The van der Waals surface area contributed by atoms with Crippen LogP contribution in [0.1, 0.15) is 47.2 Å². The first kappa shape index (κ1) is 22.3. The molecular weight excluding hydrogens is 386 g/mol. The Balaban J connectivity index is 1.55. The van der Waals surface area contributed by atoms with Gasteiger partial charge in [-0.3, -0.25) is 9.59 Å². The number of benzene rings is 3. The van der Waals surface area contributed by atoms with E-state index in [0.29, 0.717) is 18.4 Å². The second-order valence-corrected chi connectivity index (χ2v) is 7.91. The molecule has 3 aromatic rings. The van der Waals surface area contributed by atoms with Crippen molar-refractivity contribution in [3.8, 4) is 11.1 Å². The van der Waals surface area contributed by atoms with Crippen LogP contribution in [0.4, 0.5) is 0 Å². The van der Waals surface area contributed by atoms with E-state index in [1.54, 1.807) is 0 Å². The lowest BCUT2D eigenvalue weighted by molar-refractivity contribution is -0.122. The summed E-state index contributed by atoms with van der Waals surface area (Å²) in [6, 6.07) is 25.8. The van der Waals surface area contributed by atoms with Crippen molar-refractivity contribution in [3.63, 3.8) is 0 Å². The Kier molecular flexibility index (Phi) is 7.99. The van der Waals surface area contributed by atoms with E-state index in [0.717, 1.165) is 24.0 Å². The van der Waals surface area contributed by atoms with Gasteiger partial charge in [-0.25, -0.2) is 0 Å². The predicted octanol–water partition coefficient (Wildman–Crippen LogP) is 6.56. The average Bonchev–Trinajstić information content (AvgIpc) is 2.82. The summed E-state index contributed by atoms with van der Waals surface area (Å²) in [4.78, 5) is 35.4. The Bertz CT molecular complexity index is 1010. The molecule has 0 aliphatic rings.